The minimum atomic E-state index is -3.17. The summed E-state index contributed by atoms with van der Waals surface area (Å²) in [6.45, 7) is 7.17. The highest BCUT2D eigenvalue weighted by Gasteiger charge is 2.61. The summed E-state index contributed by atoms with van der Waals surface area (Å²) in [5.41, 5.74) is 1.84. The first-order chi connectivity index (χ1) is 30.1. The Kier molecular flexibility index (Phi) is 11.8. The number of nitrogens with zero attached hydrogens (tertiary/aromatic N) is 6. The first kappa shape index (κ1) is 43.8. The van der Waals surface area contributed by atoms with Crippen LogP contribution in [0.2, 0.25) is 0 Å². The lowest BCUT2D eigenvalue weighted by Gasteiger charge is -2.40. The van der Waals surface area contributed by atoms with Crippen LogP contribution < -0.4 is 30.6 Å². The first-order valence-corrected chi connectivity index (χ1v) is 21.3. The van der Waals surface area contributed by atoms with E-state index in [1.807, 2.05) is 18.3 Å². The Hall–Kier alpha value is -5.86. The first-order valence-electron chi connectivity index (χ1n) is 21.3. The molecule has 0 spiro atoms. The van der Waals surface area contributed by atoms with Crippen molar-refractivity contribution in [3.8, 4) is 22.6 Å². The summed E-state index contributed by atoms with van der Waals surface area (Å²) in [6, 6.07) is 8.53. The Morgan fingerprint density at radius 2 is 1.49 bits per heavy atom. The number of aryl methyl sites for hydroxylation is 1. The van der Waals surface area contributed by atoms with E-state index in [0.29, 0.717) is 61.3 Å². The number of amides is 6. The predicted octanol–water partition coefficient (Wildman–Crippen LogP) is 0.203. The summed E-state index contributed by atoms with van der Waals surface area (Å²) in [7, 11) is 6.63. The molecule has 1 unspecified atom stereocenters. The Bertz CT molecular complexity index is 2400. The van der Waals surface area contributed by atoms with Gasteiger partial charge in [0.2, 0.25) is 5.72 Å². The molecular formula is C44H54N8O11. The number of methoxy groups -OCH3 is 2. The number of hydrogen-bond donors (Lipinski definition) is 5. The topological polar surface area (TPSA) is 227 Å². The van der Waals surface area contributed by atoms with Crippen LogP contribution in [0.1, 0.15) is 63.1 Å². The van der Waals surface area contributed by atoms with Crippen LogP contribution in [-0.4, -0.2) is 154 Å². The number of aromatic nitrogens is 1. The number of likely N-dealkylation sites (tertiary alicyclic amines) is 1. The van der Waals surface area contributed by atoms with Crippen molar-refractivity contribution in [1.29, 1.82) is 0 Å². The molecule has 0 aliphatic carbocycles. The molecule has 3 saturated heterocycles. The van der Waals surface area contributed by atoms with Gasteiger partial charge in [-0.3, -0.25) is 39.1 Å². The van der Waals surface area contributed by atoms with Gasteiger partial charge < -0.3 is 44.5 Å². The molecule has 3 fully saturated rings. The minimum Gasteiger partial charge on any atom is -0.496 e. The molecule has 19 nitrogen and oxygen atoms in total. The summed E-state index contributed by atoms with van der Waals surface area (Å²) in [5, 5.41) is 35.4. The SMILES string of the molecule is CNC(=O)N1CCc2c(-c3cc(OC)c(CN4CCC(CCN5CCN(c6ccc7c(c6)C(=O)N(C6(O)CC(O)(O)C(=O)NC6=O)C7=O)CC5)CC4)c(OC)c3)cn(C)c(=O)c2C1. The van der Waals surface area contributed by atoms with E-state index in [2.05, 4.69) is 20.0 Å². The Morgan fingerprint density at radius 3 is 2.14 bits per heavy atom. The second-order valence-corrected chi connectivity index (χ2v) is 17.1. The van der Waals surface area contributed by atoms with Crippen molar-refractivity contribution < 1.29 is 48.8 Å². The highest BCUT2D eigenvalue weighted by molar-refractivity contribution is 6.24. The summed E-state index contributed by atoms with van der Waals surface area (Å²) in [5.74, 6) is -5.99. The van der Waals surface area contributed by atoms with Crippen molar-refractivity contribution in [3.05, 3.63) is 74.7 Å². The minimum absolute atomic E-state index is 0.0305. The molecule has 5 N–H and O–H groups in total. The second-order valence-electron chi connectivity index (χ2n) is 17.1. The number of carbonyl (C=O) groups is 5. The van der Waals surface area contributed by atoms with Gasteiger partial charge in [0.25, 0.3) is 35.0 Å². The van der Waals surface area contributed by atoms with Gasteiger partial charge in [0.15, 0.2) is 0 Å². The standard InChI is InChI=1S/C44H54N8O11/c1-45-42(58)51-14-10-29-32(22-47(2)37(53)33(29)24-51)27-19-35(62-3)34(36(20-27)63-4)23-49-12-8-26(9-13-49)7-11-48-15-17-50(18-16-48)28-5-6-30-31(21-28)39(55)52(38(30)54)43(59)25-44(60,61)41(57)46-40(43)56/h5-6,19-22,26,59-61H,7-18,23-25H2,1-4H3,(H,45,58)(H,46,56,57). The highest BCUT2D eigenvalue weighted by atomic mass is 16.5. The number of anilines is 1. The summed E-state index contributed by atoms with van der Waals surface area (Å²) in [6.07, 6.45) is 4.31. The van der Waals surface area contributed by atoms with Crippen LogP contribution >= 0.6 is 0 Å². The lowest BCUT2D eigenvalue weighted by Crippen LogP contribution is -2.71. The zero-order chi connectivity index (χ0) is 45.0. The quantitative estimate of drug-likeness (QED) is 0.136. The number of hydrogen-bond acceptors (Lipinski definition) is 14. The van der Waals surface area contributed by atoms with Crippen LogP contribution in [0.3, 0.4) is 0 Å². The molecule has 1 atom stereocenters. The fraction of sp³-hybridized carbons (Fsp3) is 0.500. The van der Waals surface area contributed by atoms with Gasteiger partial charge in [0.1, 0.15) is 11.5 Å². The molecule has 336 valence electrons. The average Bonchev–Trinajstić information content (AvgIpc) is 3.54. The highest BCUT2D eigenvalue weighted by Crippen LogP contribution is 2.40. The fourth-order valence-corrected chi connectivity index (χ4v) is 9.68. The second kappa shape index (κ2) is 17.0. The maximum absolute atomic E-state index is 13.4. The average molecular weight is 871 g/mol. The molecule has 5 aliphatic rings. The van der Waals surface area contributed by atoms with Gasteiger partial charge in [-0.2, -0.15) is 0 Å². The van der Waals surface area contributed by atoms with E-state index in [1.54, 1.807) is 55.2 Å². The predicted molar refractivity (Wildman–Crippen MR) is 227 cm³/mol. The van der Waals surface area contributed by atoms with Crippen molar-refractivity contribution in [2.24, 2.45) is 13.0 Å². The van der Waals surface area contributed by atoms with Gasteiger partial charge in [-0.1, -0.05) is 0 Å². The van der Waals surface area contributed by atoms with Crippen molar-refractivity contribution in [1.82, 2.24) is 34.8 Å². The molecule has 0 bridgehead atoms. The molecule has 19 heteroatoms. The molecule has 8 rings (SSSR count). The smallest absolute Gasteiger partial charge is 0.317 e. The van der Waals surface area contributed by atoms with E-state index in [0.717, 1.165) is 74.2 Å². The third-order valence-electron chi connectivity index (χ3n) is 13.4. The normalized spacial score (nSPS) is 21.9. The summed E-state index contributed by atoms with van der Waals surface area (Å²) in [4.78, 5) is 85.6. The number of piperazine rings is 1. The maximum atomic E-state index is 13.4. The van der Waals surface area contributed by atoms with Gasteiger partial charge in [-0.05, 0) is 92.7 Å². The Morgan fingerprint density at radius 1 is 0.825 bits per heavy atom. The molecule has 63 heavy (non-hydrogen) atoms. The Balaban J connectivity index is 0.844. The monoisotopic (exact) mass is 870 g/mol. The van der Waals surface area contributed by atoms with Crippen LogP contribution in [0.5, 0.6) is 11.5 Å². The summed E-state index contributed by atoms with van der Waals surface area (Å²) >= 11 is 0. The molecule has 6 amide bonds. The van der Waals surface area contributed by atoms with Crippen LogP contribution in [0.15, 0.2) is 41.3 Å². The lowest BCUT2D eigenvalue weighted by molar-refractivity contribution is -0.228. The van der Waals surface area contributed by atoms with Gasteiger partial charge >= 0.3 is 6.03 Å². The number of piperidine rings is 2. The molecule has 0 saturated carbocycles. The van der Waals surface area contributed by atoms with Crippen molar-refractivity contribution in [2.45, 2.75) is 56.7 Å². The van der Waals surface area contributed by atoms with Gasteiger partial charge in [-0.25, -0.2) is 9.69 Å². The van der Waals surface area contributed by atoms with Crippen molar-refractivity contribution in [3.63, 3.8) is 0 Å². The molecule has 0 radical (unpaired) electrons. The Labute approximate surface area is 363 Å². The van der Waals surface area contributed by atoms with Crippen LogP contribution in [-0.2, 0) is 36.1 Å². The third kappa shape index (κ3) is 8.03. The maximum Gasteiger partial charge on any atom is 0.317 e. The lowest BCUT2D eigenvalue weighted by atomic mass is 9.91. The molecular weight excluding hydrogens is 817 g/mol. The van der Waals surface area contributed by atoms with Crippen molar-refractivity contribution in [2.75, 3.05) is 78.5 Å². The molecule has 1 aromatic heterocycles. The molecule has 5 aliphatic heterocycles. The largest absolute Gasteiger partial charge is 0.496 e. The zero-order valence-corrected chi connectivity index (χ0v) is 35.9. The molecule has 2 aromatic carbocycles. The van der Waals surface area contributed by atoms with Crippen molar-refractivity contribution >= 4 is 35.3 Å². The van der Waals surface area contributed by atoms with Crippen LogP contribution in [0, 0.1) is 5.92 Å². The van der Waals surface area contributed by atoms with E-state index in [4.69, 9.17) is 9.47 Å². The van der Waals surface area contributed by atoms with E-state index in [-0.39, 0.29) is 34.2 Å². The van der Waals surface area contributed by atoms with E-state index < -0.39 is 41.6 Å². The zero-order valence-electron chi connectivity index (χ0n) is 35.9. The number of carbonyl (C=O) groups excluding carboxylic acids is 5. The number of benzene rings is 2. The van der Waals surface area contributed by atoms with Gasteiger partial charge in [-0.15, -0.1) is 0 Å². The van der Waals surface area contributed by atoms with Crippen LogP contribution in [0.4, 0.5) is 10.5 Å². The number of ether oxygens (including phenoxy) is 2. The van der Waals surface area contributed by atoms with Crippen LogP contribution in [0.25, 0.3) is 11.1 Å². The number of aliphatic hydroxyl groups is 3. The number of nitrogens with one attached hydrogen (secondary N) is 2. The number of fused-ring (bicyclic) bond motifs is 2. The summed E-state index contributed by atoms with van der Waals surface area (Å²) < 4.78 is 13.5. The van der Waals surface area contributed by atoms with Gasteiger partial charge in [0.05, 0.1) is 43.9 Å². The van der Waals surface area contributed by atoms with E-state index in [1.165, 1.54) is 6.07 Å². The third-order valence-corrected chi connectivity index (χ3v) is 13.4. The molecule has 3 aromatic rings. The van der Waals surface area contributed by atoms with E-state index in [9.17, 15) is 44.1 Å². The number of pyridine rings is 1. The number of imide groups is 2. The fourth-order valence-electron chi connectivity index (χ4n) is 9.68. The number of rotatable bonds is 10. The molecule has 6 heterocycles. The van der Waals surface area contributed by atoms with Gasteiger partial charge in [0, 0.05) is 76.4 Å². The van der Waals surface area contributed by atoms with E-state index >= 15 is 0 Å². The number of urea groups is 1.